The highest BCUT2D eigenvalue weighted by atomic mass is 32.4. The van der Waals surface area contributed by atoms with Gasteiger partial charge in [-0.25, -0.2) is 4.79 Å². The highest BCUT2D eigenvalue weighted by molar-refractivity contribution is 8.14. The Kier molecular flexibility index (Phi) is 9.69. The number of unbranched alkanes of at least 4 members (excludes halogenated alkanes) is 5. The van der Waals surface area contributed by atoms with E-state index in [0.29, 0.717) is 17.9 Å². The number of esters is 1. The summed E-state index contributed by atoms with van der Waals surface area (Å²) >= 11 is 5.40. The predicted octanol–water partition coefficient (Wildman–Crippen LogP) is 6.71. The molecule has 0 amide bonds. The third-order valence-corrected chi connectivity index (χ3v) is 5.39. The average Bonchev–Trinajstić information content (AvgIpc) is 2.68. The third-order valence-electron chi connectivity index (χ3n) is 4.32. The number of hydrogen-bond donors (Lipinski definition) is 1. The topological polar surface area (TPSA) is 47.6 Å². The molecule has 0 aliphatic heterocycles. The molecule has 0 aliphatic carbocycles. The minimum Gasteiger partial charge on any atom is -0.494 e. The van der Waals surface area contributed by atoms with E-state index in [4.69, 9.17) is 21.3 Å². The largest absolute Gasteiger partial charge is 0.494 e. The molecule has 0 spiro atoms. The first-order chi connectivity index (χ1) is 13.9. The number of anilines is 1. The van der Waals surface area contributed by atoms with Gasteiger partial charge in [-0.3, -0.25) is 0 Å². The predicted molar refractivity (Wildman–Crippen MR) is 126 cm³/mol. The van der Waals surface area contributed by atoms with Crippen molar-refractivity contribution in [2.45, 2.75) is 45.4 Å². The van der Waals surface area contributed by atoms with Crippen LogP contribution in [0.25, 0.3) is 0 Å². The minimum atomic E-state index is -1.54. The monoisotopic (exact) mass is 433 g/mol. The van der Waals surface area contributed by atoms with Crippen molar-refractivity contribution in [1.29, 1.82) is 0 Å². The van der Waals surface area contributed by atoms with Crippen LogP contribution in [0.1, 0.15) is 55.8 Å². The van der Waals surface area contributed by atoms with Crippen molar-refractivity contribution in [3.8, 4) is 11.5 Å². The number of ether oxygens (including phenoxy) is 2. The number of hydrogen-bond acceptors (Lipinski definition) is 4. The van der Waals surface area contributed by atoms with Gasteiger partial charge >= 0.3 is 5.97 Å². The molecule has 0 fully saturated rings. The first kappa shape index (κ1) is 23.4. The normalized spacial score (nSPS) is 11.1. The summed E-state index contributed by atoms with van der Waals surface area (Å²) in [4.78, 5) is 12.3. The van der Waals surface area contributed by atoms with E-state index in [9.17, 15) is 4.79 Å². The molecule has 158 valence electrons. The third kappa shape index (κ3) is 9.47. The van der Waals surface area contributed by atoms with Gasteiger partial charge in [-0.1, -0.05) is 50.8 Å². The Hall–Kier alpha value is -1.84. The fraction of sp³-hybridized carbons (Fsp3) is 0.435. The summed E-state index contributed by atoms with van der Waals surface area (Å²) in [6.07, 6.45) is 5.87. The molecule has 2 aromatic carbocycles. The van der Waals surface area contributed by atoms with E-state index in [-0.39, 0.29) is 5.97 Å². The molecular weight excluding hydrogens is 401 g/mol. The Morgan fingerprint density at radius 3 is 2.10 bits per heavy atom. The summed E-state index contributed by atoms with van der Waals surface area (Å²) in [7, 11) is 0. The summed E-state index contributed by atoms with van der Waals surface area (Å²) in [6.45, 7) is 6.98. The van der Waals surface area contributed by atoms with Crippen molar-refractivity contribution in [3.05, 3.63) is 54.1 Å². The van der Waals surface area contributed by atoms with Crippen LogP contribution in [0.15, 0.2) is 48.5 Å². The summed E-state index contributed by atoms with van der Waals surface area (Å²) in [5, 5.41) is 3.30. The summed E-state index contributed by atoms with van der Waals surface area (Å²) in [6, 6.07) is 14.4. The first-order valence-electron chi connectivity index (χ1n) is 10.3. The standard InChI is InChI=1S/C23H32NO3PS/c1-4-5-6-7-8-9-18-26-21-14-10-19(11-15-21)23(25)27-22-16-12-20(13-17-22)24-28(2,3)29/h10-17H,4-9,18H2,1-3H3,(H,24,29). The van der Waals surface area contributed by atoms with Gasteiger partial charge in [0.1, 0.15) is 11.5 Å². The lowest BCUT2D eigenvalue weighted by atomic mass is 10.1. The van der Waals surface area contributed by atoms with Crippen LogP contribution in [0.4, 0.5) is 5.69 Å². The van der Waals surface area contributed by atoms with Crippen molar-refractivity contribution in [2.75, 3.05) is 25.0 Å². The number of carbonyl (C=O) groups excluding carboxylic acids is 1. The van der Waals surface area contributed by atoms with Crippen molar-refractivity contribution < 1.29 is 14.3 Å². The van der Waals surface area contributed by atoms with Gasteiger partial charge in [0, 0.05) is 11.9 Å². The van der Waals surface area contributed by atoms with Gasteiger partial charge in [0.2, 0.25) is 0 Å². The molecule has 0 saturated heterocycles. The molecule has 4 nitrogen and oxygen atoms in total. The fourth-order valence-corrected chi connectivity index (χ4v) is 3.92. The van der Waals surface area contributed by atoms with E-state index in [1.165, 1.54) is 32.1 Å². The van der Waals surface area contributed by atoms with Gasteiger partial charge < -0.3 is 14.6 Å². The van der Waals surface area contributed by atoms with Crippen LogP contribution in [0, 0.1) is 0 Å². The van der Waals surface area contributed by atoms with Crippen molar-refractivity contribution in [3.63, 3.8) is 0 Å². The number of carbonyl (C=O) groups is 1. The van der Waals surface area contributed by atoms with Gasteiger partial charge in [-0.2, -0.15) is 0 Å². The molecule has 0 bridgehead atoms. The SMILES string of the molecule is CCCCCCCCOc1ccc(C(=O)Oc2ccc(NP(C)(C)=S)cc2)cc1. The van der Waals surface area contributed by atoms with E-state index in [1.54, 1.807) is 24.3 Å². The second kappa shape index (κ2) is 12.0. The molecule has 0 unspecified atom stereocenters. The maximum atomic E-state index is 12.3. The Labute approximate surface area is 180 Å². The quantitative estimate of drug-likeness (QED) is 0.174. The van der Waals surface area contributed by atoms with Gasteiger partial charge in [0.25, 0.3) is 0 Å². The molecular formula is C23H32NO3PS. The summed E-state index contributed by atoms with van der Waals surface area (Å²) in [5.74, 6) is 0.897. The van der Waals surface area contributed by atoms with Crippen LogP contribution < -0.4 is 14.6 Å². The summed E-state index contributed by atoms with van der Waals surface area (Å²) < 4.78 is 11.2. The van der Waals surface area contributed by atoms with Crippen molar-refractivity contribution >= 4 is 29.7 Å². The van der Waals surface area contributed by atoms with Crippen LogP contribution in [0.2, 0.25) is 0 Å². The molecule has 29 heavy (non-hydrogen) atoms. The van der Waals surface area contributed by atoms with Crippen molar-refractivity contribution in [1.82, 2.24) is 0 Å². The number of nitrogens with one attached hydrogen (secondary N) is 1. The maximum Gasteiger partial charge on any atom is 0.343 e. The van der Waals surface area contributed by atoms with E-state index < -0.39 is 6.19 Å². The molecule has 1 N–H and O–H groups in total. The molecule has 0 aromatic heterocycles. The Morgan fingerprint density at radius 1 is 0.897 bits per heavy atom. The number of rotatable bonds is 12. The zero-order chi connectivity index (χ0) is 21.1. The Bertz CT molecular complexity index is 800. The Balaban J connectivity index is 1.77. The van der Waals surface area contributed by atoms with Gasteiger partial charge in [-0.15, -0.1) is 0 Å². The van der Waals surface area contributed by atoms with Crippen LogP contribution in [-0.4, -0.2) is 25.9 Å². The van der Waals surface area contributed by atoms with E-state index in [2.05, 4.69) is 12.0 Å². The van der Waals surface area contributed by atoms with Crippen LogP contribution >= 0.6 is 6.19 Å². The second-order valence-corrected chi connectivity index (χ2v) is 13.2. The van der Waals surface area contributed by atoms with Crippen LogP contribution in [0.3, 0.4) is 0 Å². The zero-order valence-electron chi connectivity index (χ0n) is 17.6. The lowest BCUT2D eigenvalue weighted by Gasteiger charge is -2.14. The van der Waals surface area contributed by atoms with Crippen molar-refractivity contribution in [2.24, 2.45) is 0 Å². The lowest BCUT2D eigenvalue weighted by Crippen LogP contribution is -2.08. The smallest absolute Gasteiger partial charge is 0.343 e. The van der Waals surface area contributed by atoms with Gasteiger partial charge in [0.05, 0.1) is 12.2 Å². The van der Waals surface area contributed by atoms with E-state index >= 15 is 0 Å². The summed E-state index contributed by atoms with van der Waals surface area (Å²) in [5.41, 5.74) is 1.43. The average molecular weight is 434 g/mol. The van der Waals surface area contributed by atoms with Crippen LogP contribution in [0.5, 0.6) is 11.5 Å². The van der Waals surface area contributed by atoms with E-state index in [1.807, 2.05) is 37.6 Å². The fourth-order valence-electron chi connectivity index (χ4n) is 2.83. The van der Waals surface area contributed by atoms with E-state index in [0.717, 1.165) is 17.9 Å². The Morgan fingerprint density at radius 2 is 1.48 bits per heavy atom. The molecule has 0 aliphatic rings. The molecule has 0 saturated carbocycles. The number of benzene rings is 2. The van der Waals surface area contributed by atoms with Gasteiger partial charge in [0.15, 0.2) is 0 Å². The van der Waals surface area contributed by atoms with Crippen LogP contribution in [-0.2, 0) is 11.8 Å². The van der Waals surface area contributed by atoms with Gasteiger partial charge in [-0.05, 0) is 68.3 Å². The molecule has 0 atom stereocenters. The molecule has 2 rings (SSSR count). The highest BCUT2D eigenvalue weighted by Gasteiger charge is 2.09. The molecule has 0 radical (unpaired) electrons. The lowest BCUT2D eigenvalue weighted by molar-refractivity contribution is 0.0734. The first-order valence-corrected chi connectivity index (χ1v) is 14.0. The molecule has 2 aromatic rings. The second-order valence-electron chi connectivity index (χ2n) is 7.52. The molecule has 0 heterocycles. The maximum absolute atomic E-state index is 12.3. The molecule has 6 heteroatoms. The minimum absolute atomic E-state index is 0.385. The zero-order valence-corrected chi connectivity index (χ0v) is 19.4. The highest BCUT2D eigenvalue weighted by Crippen LogP contribution is 2.37.